The van der Waals surface area contributed by atoms with Crippen LogP contribution in [-0.4, -0.2) is 57.8 Å². The zero-order valence-electron chi connectivity index (χ0n) is 22.1. The maximum Gasteiger partial charge on any atom is 0.242 e. The molecule has 9 heteroatoms. The van der Waals surface area contributed by atoms with Gasteiger partial charge < -0.3 is 9.64 Å². The van der Waals surface area contributed by atoms with Crippen molar-refractivity contribution in [1.82, 2.24) is 10.2 Å². The minimum atomic E-state index is -3.39. The first kappa shape index (κ1) is 27.6. The van der Waals surface area contributed by atoms with E-state index in [9.17, 15) is 13.2 Å². The molecule has 0 aliphatic carbocycles. The van der Waals surface area contributed by atoms with Crippen molar-refractivity contribution in [2.45, 2.75) is 37.5 Å². The molecule has 2 aliphatic heterocycles. The first-order chi connectivity index (χ1) is 18.8. The number of likely N-dealkylation sites (tertiary alicyclic amines) is 1. The summed E-state index contributed by atoms with van der Waals surface area (Å²) < 4.78 is 32.6. The monoisotopic (exact) mass is 567 g/mol. The average molecular weight is 568 g/mol. The number of para-hydroxylation sites is 1. The lowest BCUT2D eigenvalue weighted by Gasteiger charge is -2.41. The summed E-state index contributed by atoms with van der Waals surface area (Å²) >= 11 is 6.29. The molecule has 1 spiro atoms. The molecular formula is C30H34ClN3O4S. The van der Waals surface area contributed by atoms with Crippen LogP contribution in [0.3, 0.4) is 0 Å². The number of hydrogen-bond donors (Lipinski definition) is 1. The number of carbonyl (C=O) groups excluding carboxylic acids is 1. The van der Waals surface area contributed by atoms with Crippen LogP contribution in [0.15, 0.2) is 78.9 Å². The van der Waals surface area contributed by atoms with Crippen LogP contribution in [0.1, 0.15) is 29.5 Å². The average Bonchev–Trinajstić information content (AvgIpc) is 3.27. The fraction of sp³-hybridized carbons (Fsp3) is 0.367. The Hall–Kier alpha value is -2.91. The molecule has 0 bridgehead atoms. The Morgan fingerprint density at radius 3 is 2.38 bits per heavy atom. The van der Waals surface area contributed by atoms with Crippen LogP contribution in [-0.2, 0) is 38.1 Å². The summed E-state index contributed by atoms with van der Waals surface area (Å²) in [6.07, 6.45) is 2.66. The Bertz CT molecular complexity index is 1410. The number of nitrogens with one attached hydrogen (secondary N) is 1. The van der Waals surface area contributed by atoms with E-state index in [2.05, 4.69) is 5.32 Å². The molecule has 3 aromatic carbocycles. The number of sulfonamides is 1. The van der Waals surface area contributed by atoms with Gasteiger partial charge in [-0.2, -0.15) is 0 Å². The van der Waals surface area contributed by atoms with Crippen molar-refractivity contribution >= 4 is 33.2 Å². The van der Waals surface area contributed by atoms with E-state index in [4.69, 9.17) is 16.3 Å². The maximum atomic E-state index is 13.8. The lowest BCUT2D eigenvalue weighted by molar-refractivity contribution is -0.136. The van der Waals surface area contributed by atoms with Gasteiger partial charge in [-0.15, -0.1) is 0 Å². The van der Waals surface area contributed by atoms with E-state index < -0.39 is 16.1 Å². The molecule has 1 N–H and O–H groups in total. The highest BCUT2D eigenvalue weighted by atomic mass is 35.5. The third-order valence-electron chi connectivity index (χ3n) is 7.82. The molecule has 1 atom stereocenters. The summed E-state index contributed by atoms with van der Waals surface area (Å²) in [6, 6.07) is 24.7. The molecule has 2 aliphatic rings. The molecule has 0 saturated carbocycles. The number of piperidine rings is 1. The van der Waals surface area contributed by atoms with E-state index >= 15 is 0 Å². The van der Waals surface area contributed by atoms with Crippen LogP contribution in [0.25, 0.3) is 0 Å². The van der Waals surface area contributed by atoms with Gasteiger partial charge in [0.05, 0.1) is 25.2 Å². The van der Waals surface area contributed by atoms with E-state index in [0.717, 1.165) is 22.4 Å². The number of ether oxygens (including phenoxy) is 1. The fourth-order valence-electron chi connectivity index (χ4n) is 5.64. The van der Waals surface area contributed by atoms with Gasteiger partial charge in [0.25, 0.3) is 0 Å². The highest BCUT2D eigenvalue weighted by molar-refractivity contribution is 7.92. The molecule has 5 rings (SSSR count). The summed E-state index contributed by atoms with van der Waals surface area (Å²) in [5.41, 5.74) is 3.50. The molecule has 39 heavy (non-hydrogen) atoms. The first-order valence-corrected chi connectivity index (χ1v) is 15.4. The van der Waals surface area contributed by atoms with Crippen molar-refractivity contribution in [3.05, 3.63) is 101 Å². The predicted molar refractivity (Wildman–Crippen MR) is 154 cm³/mol. The molecule has 2 heterocycles. The second kappa shape index (κ2) is 11.7. The van der Waals surface area contributed by atoms with Crippen molar-refractivity contribution in [1.29, 1.82) is 0 Å². The predicted octanol–water partition coefficient (Wildman–Crippen LogP) is 4.36. The molecular weight excluding hydrogens is 534 g/mol. The van der Waals surface area contributed by atoms with E-state index in [1.807, 2.05) is 83.8 Å². The van der Waals surface area contributed by atoms with Gasteiger partial charge in [0.2, 0.25) is 15.9 Å². The van der Waals surface area contributed by atoms with Crippen molar-refractivity contribution in [3.63, 3.8) is 0 Å². The topological polar surface area (TPSA) is 79.0 Å². The summed E-state index contributed by atoms with van der Waals surface area (Å²) in [5.74, 6) is -0.00816. The van der Waals surface area contributed by atoms with E-state index in [1.54, 1.807) is 0 Å². The molecule has 7 nitrogen and oxygen atoms in total. The van der Waals surface area contributed by atoms with Crippen LogP contribution in [0.4, 0.5) is 5.69 Å². The van der Waals surface area contributed by atoms with Gasteiger partial charge in [-0.3, -0.25) is 14.4 Å². The highest BCUT2D eigenvalue weighted by Crippen LogP contribution is 2.47. The Kier molecular flexibility index (Phi) is 8.28. The van der Waals surface area contributed by atoms with Crippen LogP contribution in [0.2, 0.25) is 5.02 Å². The van der Waals surface area contributed by atoms with Crippen LogP contribution in [0.5, 0.6) is 0 Å². The SMILES string of the molecule is CS(=O)(=O)N1CC2(CCN(C(=O)[C@H](COCc3ccccc3Cl)NCc3ccccc3)CC2)c2ccccc21. The van der Waals surface area contributed by atoms with Crippen LogP contribution in [0, 0.1) is 0 Å². The van der Waals surface area contributed by atoms with Crippen molar-refractivity contribution in [3.8, 4) is 0 Å². The van der Waals surface area contributed by atoms with E-state index in [1.165, 1.54) is 10.6 Å². The molecule has 1 amide bonds. The molecule has 0 unspecified atom stereocenters. The maximum absolute atomic E-state index is 13.8. The fourth-order valence-corrected chi connectivity index (χ4v) is 6.83. The Labute approximate surface area is 235 Å². The number of nitrogens with zero attached hydrogens (tertiary/aromatic N) is 2. The summed E-state index contributed by atoms with van der Waals surface area (Å²) in [5, 5.41) is 4.04. The van der Waals surface area contributed by atoms with Crippen molar-refractivity contribution in [2.24, 2.45) is 0 Å². The van der Waals surface area contributed by atoms with Gasteiger partial charge in [0.1, 0.15) is 6.04 Å². The lowest BCUT2D eigenvalue weighted by atomic mass is 9.74. The standard InChI is InChI=1S/C30H34ClN3O4S/c1-39(36,37)34-22-30(25-12-6-8-14-28(25)34)15-17-33(18-16-30)29(35)27(32-19-23-9-3-2-4-10-23)21-38-20-24-11-5-7-13-26(24)31/h2-14,27,32H,15-22H2,1H3/t27-/m0/s1. The molecule has 1 saturated heterocycles. The number of hydrogen-bond acceptors (Lipinski definition) is 5. The molecule has 206 valence electrons. The van der Waals surface area contributed by atoms with Gasteiger partial charge in [0.15, 0.2) is 0 Å². The largest absolute Gasteiger partial charge is 0.375 e. The summed E-state index contributed by atoms with van der Waals surface area (Å²) in [7, 11) is -3.39. The normalized spacial score (nSPS) is 17.3. The van der Waals surface area contributed by atoms with Gasteiger partial charge in [-0.1, -0.05) is 78.3 Å². The van der Waals surface area contributed by atoms with Gasteiger partial charge in [0, 0.05) is 36.6 Å². The number of rotatable bonds is 9. The number of benzene rings is 3. The Balaban J connectivity index is 1.27. The lowest BCUT2D eigenvalue weighted by Crippen LogP contribution is -2.54. The van der Waals surface area contributed by atoms with Crippen LogP contribution < -0.4 is 9.62 Å². The minimum absolute atomic E-state index is 0.00816. The summed E-state index contributed by atoms with van der Waals surface area (Å²) in [6.45, 7) is 2.60. The number of carbonyl (C=O) groups is 1. The van der Waals surface area contributed by atoms with Gasteiger partial charge >= 0.3 is 0 Å². The molecule has 0 aromatic heterocycles. The third-order valence-corrected chi connectivity index (χ3v) is 9.31. The van der Waals surface area contributed by atoms with Crippen molar-refractivity contribution < 1.29 is 17.9 Å². The second-order valence-corrected chi connectivity index (χ2v) is 12.7. The van der Waals surface area contributed by atoms with Gasteiger partial charge in [-0.05, 0) is 41.7 Å². The minimum Gasteiger partial charge on any atom is -0.375 e. The number of halogens is 1. The molecule has 3 aromatic rings. The molecule has 0 radical (unpaired) electrons. The summed E-state index contributed by atoms with van der Waals surface area (Å²) in [4.78, 5) is 15.6. The van der Waals surface area contributed by atoms with Gasteiger partial charge in [-0.25, -0.2) is 8.42 Å². The second-order valence-electron chi connectivity index (χ2n) is 10.4. The highest BCUT2D eigenvalue weighted by Gasteiger charge is 2.47. The number of amides is 1. The van der Waals surface area contributed by atoms with Crippen molar-refractivity contribution in [2.75, 3.05) is 36.8 Å². The zero-order valence-corrected chi connectivity index (χ0v) is 23.6. The molecule has 1 fully saturated rings. The zero-order chi connectivity index (χ0) is 27.5. The number of anilines is 1. The number of fused-ring (bicyclic) bond motifs is 2. The van der Waals surface area contributed by atoms with Crippen LogP contribution >= 0.6 is 11.6 Å². The first-order valence-electron chi connectivity index (χ1n) is 13.2. The smallest absolute Gasteiger partial charge is 0.242 e. The quantitative estimate of drug-likeness (QED) is 0.416. The Morgan fingerprint density at radius 1 is 1.00 bits per heavy atom. The Morgan fingerprint density at radius 2 is 1.67 bits per heavy atom. The third kappa shape index (κ3) is 6.14. The van der Waals surface area contributed by atoms with E-state index in [0.29, 0.717) is 50.7 Å². The van der Waals surface area contributed by atoms with E-state index in [-0.39, 0.29) is 17.9 Å².